The number of carboxylic acids is 1. The molecular weight excluding hydrogens is 420 g/mol. The molecule has 1 fully saturated rings. The summed E-state index contributed by atoms with van der Waals surface area (Å²) in [6.07, 6.45) is 1.48. The molecule has 0 saturated carbocycles. The second-order valence-electron chi connectivity index (χ2n) is 9.33. The highest BCUT2D eigenvalue weighted by Crippen LogP contribution is 2.40. The molecule has 4 atom stereocenters. The van der Waals surface area contributed by atoms with E-state index < -0.39 is 12.0 Å². The largest absolute Gasteiger partial charge is 0.508 e. The lowest BCUT2D eigenvalue weighted by Gasteiger charge is -2.45. The highest BCUT2D eigenvalue weighted by atomic mass is 16.4. The first-order chi connectivity index (χ1) is 15.2. The number of phenolic OH excluding ortho intramolecular Hbond substituents is 1. The normalized spacial score (nSPS) is 22.6. The molecule has 3 rings (SSSR count). The number of nitrogens with one attached hydrogen (secondary N) is 1. The van der Waals surface area contributed by atoms with E-state index in [2.05, 4.69) is 30.1 Å². The number of phenols is 1. The fraction of sp³-hybridized carbons (Fsp3) is 0.462. The van der Waals surface area contributed by atoms with E-state index >= 15 is 0 Å². The average Bonchev–Trinajstić information content (AvgIpc) is 2.76. The van der Waals surface area contributed by atoms with Crippen LogP contribution in [0.25, 0.3) is 0 Å². The monoisotopic (exact) mass is 456 g/mol. The van der Waals surface area contributed by atoms with Crippen LogP contribution in [0.3, 0.4) is 0 Å². The van der Waals surface area contributed by atoms with Crippen molar-refractivity contribution in [3.63, 3.8) is 0 Å². The molecule has 2 aromatic rings. The second kappa shape index (κ2) is 11.3. The summed E-state index contributed by atoms with van der Waals surface area (Å²) in [5.41, 5.74) is 2.15. The van der Waals surface area contributed by atoms with Crippen LogP contribution in [0.4, 0.5) is 0 Å². The van der Waals surface area contributed by atoms with Gasteiger partial charge in [-0.2, -0.15) is 0 Å². The van der Waals surface area contributed by atoms with Gasteiger partial charge in [-0.3, -0.25) is 9.59 Å². The number of benzene rings is 2. The molecular formula is C26H36N2O5. The Balaban J connectivity index is 0.00000385. The topological polar surface area (TPSA) is 121 Å². The molecule has 0 aliphatic carbocycles. The van der Waals surface area contributed by atoms with Crippen LogP contribution < -0.4 is 5.32 Å². The number of rotatable bonds is 8. The third kappa shape index (κ3) is 6.55. The van der Waals surface area contributed by atoms with Crippen LogP contribution in [0.2, 0.25) is 0 Å². The van der Waals surface area contributed by atoms with Gasteiger partial charge in [-0.1, -0.05) is 56.3 Å². The number of carboxylic acid groups (broad SMARTS) is 1. The Kier molecular flexibility index (Phi) is 9.02. The Morgan fingerprint density at radius 3 is 2.48 bits per heavy atom. The molecule has 1 aliphatic heterocycles. The van der Waals surface area contributed by atoms with Crippen LogP contribution in [0.15, 0.2) is 54.6 Å². The number of aliphatic carboxylic acids is 1. The molecule has 0 radical (unpaired) electrons. The smallest absolute Gasteiger partial charge is 0.325 e. The number of carbonyl (C=O) groups is 2. The van der Waals surface area contributed by atoms with Crippen molar-refractivity contribution in [2.75, 3.05) is 19.6 Å². The molecule has 1 heterocycles. The lowest BCUT2D eigenvalue weighted by Crippen LogP contribution is -2.51. The molecule has 180 valence electrons. The van der Waals surface area contributed by atoms with E-state index in [1.165, 1.54) is 6.92 Å². The number of aromatic hydroxyl groups is 1. The second-order valence-corrected chi connectivity index (χ2v) is 9.33. The molecule has 0 spiro atoms. The molecule has 7 heteroatoms. The third-order valence-electron chi connectivity index (χ3n) is 6.98. The quantitative estimate of drug-likeness (QED) is 0.564. The van der Waals surface area contributed by atoms with Crippen molar-refractivity contribution in [3.05, 3.63) is 65.7 Å². The SMILES string of the molecule is CC(NC(=O)C(Cc1ccccc1)CN1CCC(C)(c2cccc(O)c2)C(C)C1)C(=O)O.O. The number of amides is 1. The zero-order valence-corrected chi connectivity index (χ0v) is 19.6. The van der Waals surface area contributed by atoms with Crippen molar-refractivity contribution in [1.82, 2.24) is 10.2 Å². The molecule has 5 N–H and O–H groups in total. The van der Waals surface area contributed by atoms with Gasteiger partial charge in [0.05, 0.1) is 5.92 Å². The standard InChI is InChI=1S/C26H34N2O4.H2O/c1-18-16-28(13-12-26(18,3)22-10-7-11-23(29)15-22)17-21(14-20-8-5-4-6-9-20)24(30)27-19(2)25(31)32;/h4-11,15,18-19,21,29H,12-14,16-17H2,1-3H3,(H,27,30)(H,31,32);1H2. The van der Waals surface area contributed by atoms with Crippen LogP contribution in [-0.4, -0.2) is 58.1 Å². The van der Waals surface area contributed by atoms with Crippen LogP contribution in [0.5, 0.6) is 5.75 Å². The van der Waals surface area contributed by atoms with E-state index in [1.807, 2.05) is 42.5 Å². The highest BCUT2D eigenvalue weighted by molar-refractivity contribution is 5.85. The maximum atomic E-state index is 13.0. The van der Waals surface area contributed by atoms with Crippen molar-refractivity contribution in [1.29, 1.82) is 0 Å². The molecule has 0 aromatic heterocycles. The molecule has 4 unspecified atom stereocenters. The van der Waals surface area contributed by atoms with Crippen molar-refractivity contribution in [3.8, 4) is 5.75 Å². The summed E-state index contributed by atoms with van der Waals surface area (Å²) in [4.78, 5) is 26.5. The van der Waals surface area contributed by atoms with Gasteiger partial charge in [0.25, 0.3) is 0 Å². The molecule has 7 nitrogen and oxygen atoms in total. The summed E-state index contributed by atoms with van der Waals surface area (Å²) in [7, 11) is 0. The fourth-order valence-corrected chi connectivity index (χ4v) is 4.62. The predicted octanol–water partition coefficient (Wildman–Crippen LogP) is 2.62. The maximum absolute atomic E-state index is 13.0. The Morgan fingerprint density at radius 2 is 1.88 bits per heavy atom. The summed E-state index contributed by atoms with van der Waals surface area (Å²) >= 11 is 0. The Morgan fingerprint density at radius 1 is 1.18 bits per heavy atom. The first-order valence-electron chi connectivity index (χ1n) is 11.3. The van der Waals surface area contributed by atoms with Gasteiger partial charge in [0.15, 0.2) is 0 Å². The van der Waals surface area contributed by atoms with Crippen LogP contribution in [-0.2, 0) is 21.4 Å². The van der Waals surface area contributed by atoms with E-state index in [4.69, 9.17) is 0 Å². The third-order valence-corrected chi connectivity index (χ3v) is 6.98. The van der Waals surface area contributed by atoms with Gasteiger partial charge < -0.3 is 25.9 Å². The number of piperidine rings is 1. The maximum Gasteiger partial charge on any atom is 0.325 e. The van der Waals surface area contributed by atoms with Gasteiger partial charge in [0.2, 0.25) is 5.91 Å². The Labute approximate surface area is 195 Å². The van der Waals surface area contributed by atoms with Crippen molar-refractivity contribution in [2.24, 2.45) is 11.8 Å². The lowest BCUT2D eigenvalue weighted by atomic mass is 9.68. The van der Waals surface area contributed by atoms with E-state index in [-0.39, 0.29) is 28.5 Å². The van der Waals surface area contributed by atoms with E-state index in [9.17, 15) is 19.8 Å². The minimum Gasteiger partial charge on any atom is -0.508 e. The molecule has 0 bridgehead atoms. The summed E-state index contributed by atoms with van der Waals surface area (Å²) in [5.74, 6) is -0.985. The van der Waals surface area contributed by atoms with Gasteiger partial charge in [0, 0.05) is 13.1 Å². The zero-order valence-electron chi connectivity index (χ0n) is 19.6. The summed E-state index contributed by atoms with van der Waals surface area (Å²) in [6, 6.07) is 16.4. The van der Waals surface area contributed by atoms with Crippen LogP contribution in [0, 0.1) is 11.8 Å². The number of hydrogen-bond acceptors (Lipinski definition) is 4. The lowest BCUT2D eigenvalue weighted by molar-refractivity contribution is -0.142. The van der Waals surface area contributed by atoms with E-state index in [0.717, 1.165) is 30.6 Å². The van der Waals surface area contributed by atoms with E-state index in [1.54, 1.807) is 6.07 Å². The van der Waals surface area contributed by atoms with Crippen molar-refractivity contribution >= 4 is 11.9 Å². The number of likely N-dealkylation sites (tertiary alicyclic amines) is 1. The minimum absolute atomic E-state index is 0. The zero-order chi connectivity index (χ0) is 23.3. The molecule has 1 saturated heterocycles. The first kappa shape index (κ1) is 26.4. The van der Waals surface area contributed by atoms with Gasteiger partial charge >= 0.3 is 5.97 Å². The number of carbonyl (C=O) groups excluding carboxylic acids is 1. The molecule has 1 amide bonds. The summed E-state index contributed by atoms with van der Waals surface area (Å²) < 4.78 is 0. The number of nitrogens with zero attached hydrogens (tertiary/aromatic N) is 1. The van der Waals surface area contributed by atoms with Gasteiger partial charge in [-0.15, -0.1) is 0 Å². The Bertz CT molecular complexity index is 935. The average molecular weight is 457 g/mol. The highest BCUT2D eigenvalue weighted by Gasteiger charge is 2.39. The van der Waals surface area contributed by atoms with Crippen molar-refractivity contribution in [2.45, 2.75) is 45.1 Å². The number of hydrogen-bond donors (Lipinski definition) is 3. The summed E-state index contributed by atoms with van der Waals surface area (Å²) in [6.45, 7) is 8.20. The van der Waals surface area contributed by atoms with E-state index in [0.29, 0.717) is 18.9 Å². The first-order valence-corrected chi connectivity index (χ1v) is 11.3. The van der Waals surface area contributed by atoms with Crippen LogP contribution >= 0.6 is 0 Å². The molecule has 2 aromatic carbocycles. The minimum atomic E-state index is -1.04. The Hall–Kier alpha value is -2.90. The molecule has 1 aliphatic rings. The van der Waals surface area contributed by atoms with Crippen molar-refractivity contribution < 1.29 is 25.3 Å². The molecule has 33 heavy (non-hydrogen) atoms. The fourth-order valence-electron chi connectivity index (χ4n) is 4.62. The predicted molar refractivity (Wildman–Crippen MR) is 128 cm³/mol. The van der Waals surface area contributed by atoms with Crippen LogP contribution in [0.1, 0.15) is 38.3 Å². The van der Waals surface area contributed by atoms with Gasteiger partial charge in [-0.05, 0) is 60.9 Å². The summed E-state index contributed by atoms with van der Waals surface area (Å²) in [5, 5.41) is 21.8. The van der Waals surface area contributed by atoms with Gasteiger partial charge in [0.1, 0.15) is 11.8 Å². The van der Waals surface area contributed by atoms with Gasteiger partial charge in [-0.25, -0.2) is 0 Å².